The number of nitrogens with one attached hydrogen (secondary N) is 1. The van der Waals surface area contributed by atoms with Crippen molar-refractivity contribution < 1.29 is 8.42 Å². The quantitative estimate of drug-likeness (QED) is 0.593. The number of primary sulfonamides is 1. The monoisotopic (exact) mass is 349 g/mol. The first-order valence-corrected chi connectivity index (χ1v) is 9.24. The summed E-state index contributed by atoms with van der Waals surface area (Å²) < 4.78 is 23.6. The molecular formula is C19H15N3O2S. The molecule has 6 heteroatoms. The normalized spacial score (nSPS) is 11.7. The minimum atomic E-state index is -3.81. The number of nitrogens with zero attached hydrogens (tertiary/aromatic N) is 1. The van der Waals surface area contributed by atoms with Gasteiger partial charge in [0.25, 0.3) is 0 Å². The molecule has 1 aromatic heterocycles. The summed E-state index contributed by atoms with van der Waals surface area (Å²) in [5, 5.41) is 14.8. The van der Waals surface area contributed by atoms with E-state index in [9.17, 15) is 8.42 Å². The van der Waals surface area contributed by atoms with Crippen molar-refractivity contribution in [3.63, 3.8) is 0 Å². The molecule has 3 N–H and O–H groups in total. The Morgan fingerprint density at radius 3 is 2.36 bits per heavy atom. The zero-order chi connectivity index (χ0) is 17.4. The summed E-state index contributed by atoms with van der Waals surface area (Å²) in [5.74, 6) is 0. The molecule has 0 unspecified atom stereocenters. The van der Waals surface area contributed by atoms with Crippen molar-refractivity contribution in [2.24, 2.45) is 5.14 Å². The number of hydrogen-bond donors (Lipinski definition) is 2. The molecule has 0 aliphatic carbocycles. The largest absolute Gasteiger partial charge is 0.277 e. The van der Waals surface area contributed by atoms with E-state index >= 15 is 0 Å². The third-order valence-electron chi connectivity index (χ3n) is 4.11. The summed E-state index contributed by atoms with van der Waals surface area (Å²) in [6.45, 7) is 0. The van der Waals surface area contributed by atoms with Crippen molar-refractivity contribution in [2.75, 3.05) is 0 Å². The maximum Gasteiger partial charge on any atom is 0.238 e. The van der Waals surface area contributed by atoms with E-state index in [4.69, 9.17) is 5.14 Å². The molecule has 0 saturated carbocycles. The van der Waals surface area contributed by atoms with Crippen molar-refractivity contribution in [2.45, 2.75) is 4.90 Å². The third kappa shape index (κ3) is 2.93. The molecule has 124 valence electrons. The van der Waals surface area contributed by atoms with E-state index in [0.717, 1.165) is 22.0 Å². The lowest BCUT2D eigenvalue weighted by molar-refractivity contribution is 0.598. The van der Waals surface area contributed by atoms with Gasteiger partial charge in [0.05, 0.1) is 16.3 Å². The van der Waals surface area contributed by atoms with Crippen LogP contribution in [0.25, 0.3) is 33.3 Å². The molecule has 0 spiro atoms. The fourth-order valence-corrected chi connectivity index (χ4v) is 3.65. The molecule has 4 rings (SSSR count). The first kappa shape index (κ1) is 15.6. The molecule has 0 atom stereocenters. The van der Waals surface area contributed by atoms with Crippen LogP contribution in [0, 0.1) is 0 Å². The standard InChI is InChI=1S/C19H15N3O2S/c20-25(23,24)19-8-4-3-7-16(19)18-12-17(21-22-18)15-10-9-13-5-1-2-6-14(13)11-15/h1-12H,(H,21,22)(H2,20,23,24). The van der Waals surface area contributed by atoms with E-state index in [1.807, 2.05) is 36.4 Å². The molecule has 5 nitrogen and oxygen atoms in total. The number of fused-ring (bicyclic) bond motifs is 1. The molecule has 0 bridgehead atoms. The van der Waals surface area contributed by atoms with E-state index in [2.05, 4.69) is 22.3 Å². The van der Waals surface area contributed by atoms with E-state index in [-0.39, 0.29) is 4.90 Å². The van der Waals surface area contributed by atoms with Gasteiger partial charge >= 0.3 is 0 Å². The van der Waals surface area contributed by atoms with Gasteiger partial charge < -0.3 is 0 Å². The molecule has 0 amide bonds. The van der Waals surface area contributed by atoms with Gasteiger partial charge in [-0.3, -0.25) is 5.10 Å². The maximum atomic E-state index is 11.8. The topological polar surface area (TPSA) is 88.8 Å². The van der Waals surface area contributed by atoms with Crippen molar-refractivity contribution in [3.8, 4) is 22.5 Å². The highest BCUT2D eigenvalue weighted by Gasteiger charge is 2.16. The van der Waals surface area contributed by atoms with Crippen molar-refractivity contribution >= 4 is 20.8 Å². The van der Waals surface area contributed by atoms with Crippen LogP contribution in [-0.4, -0.2) is 18.6 Å². The Bertz CT molecular complexity index is 1180. The molecule has 0 saturated heterocycles. The number of aromatic amines is 1. The van der Waals surface area contributed by atoms with Crippen molar-refractivity contribution in [3.05, 3.63) is 72.8 Å². The van der Waals surface area contributed by atoms with E-state index in [1.54, 1.807) is 18.2 Å². The number of nitrogens with two attached hydrogens (primary N) is 1. The summed E-state index contributed by atoms with van der Waals surface area (Å²) in [7, 11) is -3.81. The second kappa shape index (κ2) is 5.84. The van der Waals surface area contributed by atoms with Crippen LogP contribution >= 0.6 is 0 Å². The van der Waals surface area contributed by atoms with Crippen LogP contribution in [0.2, 0.25) is 0 Å². The van der Waals surface area contributed by atoms with Gasteiger partial charge in [-0.05, 0) is 29.0 Å². The molecule has 0 aliphatic rings. The molecule has 1 heterocycles. The lowest BCUT2D eigenvalue weighted by Gasteiger charge is -2.04. The Hall–Kier alpha value is -2.96. The van der Waals surface area contributed by atoms with Gasteiger partial charge in [0.1, 0.15) is 0 Å². The highest BCUT2D eigenvalue weighted by molar-refractivity contribution is 7.89. The van der Waals surface area contributed by atoms with Gasteiger partial charge in [0, 0.05) is 11.1 Å². The first-order chi connectivity index (χ1) is 12.0. The molecule has 25 heavy (non-hydrogen) atoms. The van der Waals surface area contributed by atoms with Crippen LogP contribution in [0.15, 0.2) is 77.7 Å². The lowest BCUT2D eigenvalue weighted by Crippen LogP contribution is -2.13. The highest BCUT2D eigenvalue weighted by Crippen LogP contribution is 2.29. The van der Waals surface area contributed by atoms with Gasteiger partial charge in [-0.25, -0.2) is 13.6 Å². The second-order valence-corrected chi connectivity index (χ2v) is 7.30. The second-order valence-electron chi connectivity index (χ2n) is 5.77. The van der Waals surface area contributed by atoms with Crippen molar-refractivity contribution in [1.29, 1.82) is 0 Å². The fraction of sp³-hybridized carbons (Fsp3) is 0. The minimum absolute atomic E-state index is 0.0729. The molecule has 0 radical (unpaired) electrons. The predicted molar refractivity (Wildman–Crippen MR) is 98.3 cm³/mol. The van der Waals surface area contributed by atoms with Gasteiger partial charge in [0.15, 0.2) is 0 Å². The Labute approximate surface area is 145 Å². The summed E-state index contributed by atoms with van der Waals surface area (Å²) in [5.41, 5.74) is 2.80. The van der Waals surface area contributed by atoms with Crippen LogP contribution in [0.1, 0.15) is 0 Å². The van der Waals surface area contributed by atoms with E-state index < -0.39 is 10.0 Å². The number of sulfonamides is 1. The Morgan fingerprint density at radius 2 is 1.56 bits per heavy atom. The number of hydrogen-bond acceptors (Lipinski definition) is 3. The number of H-pyrrole nitrogens is 1. The zero-order valence-corrected chi connectivity index (χ0v) is 14.0. The van der Waals surface area contributed by atoms with E-state index in [0.29, 0.717) is 11.3 Å². The number of benzene rings is 3. The Morgan fingerprint density at radius 1 is 0.840 bits per heavy atom. The van der Waals surface area contributed by atoms with Gasteiger partial charge in [-0.1, -0.05) is 54.6 Å². The average molecular weight is 349 g/mol. The van der Waals surface area contributed by atoms with Gasteiger partial charge in [-0.15, -0.1) is 0 Å². The van der Waals surface area contributed by atoms with Gasteiger partial charge in [-0.2, -0.15) is 5.10 Å². The Balaban J connectivity index is 1.80. The summed E-state index contributed by atoms with van der Waals surface area (Å²) in [6.07, 6.45) is 0. The summed E-state index contributed by atoms with van der Waals surface area (Å²) in [4.78, 5) is 0.0729. The minimum Gasteiger partial charge on any atom is -0.277 e. The SMILES string of the molecule is NS(=O)(=O)c1ccccc1-c1cc(-c2ccc3ccccc3c2)n[nH]1. The van der Waals surface area contributed by atoms with Crippen LogP contribution < -0.4 is 5.14 Å². The molecule has 4 aromatic rings. The van der Waals surface area contributed by atoms with Crippen LogP contribution in [-0.2, 0) is 10.0 Å². The van der Waals surface area contributed by atoms with Crippen molar-refractivity contribution in [1.82, 2.24) is 10.2 Å². The van der Waals surface area contributed by atoms with E-state index in [1.165, 1.54) is 6.07 Å². The molecule has 3 aromatic carbocycles. The van der Waals surface area contributed by atoms with Crippen LogP contribution in [0.4, 0.5) is 0 Å². The first-order valence-electron chi connectivity index (χ1n) is 7.69. The Kier molecular flexibility index (Phi) is 3.63. The number of aromatic nitrogens is 2. The lowest BCUT2D eigenvalue weighted by atomic mass is 10.0. The third-order valence-corrected chi connectivity index (χ3v) is 5.08. The molecule has 0 fully saturated rings. The van der Waals surface area contributed by atoms with Gasteiger partial charge in [0.2, 0.25) is 10.0 Å². The maximum absolute atomic E-state index is 11.8. The highest BCUT2D eigenvalue weighted by atomic mass is 32.2. The predicted octanol–water partition coefficient (Wildman–Crippen LogP) is 3.54. The number of rotatable bonds is 3. The van der Waals surface area contributed by atoms with Crippen LogP contribution in [0.3, 0.4) is 0 Å². The summed E-state index contributed by atoms with van der Waals surface area (Å²) >= 11 is 0. The van der Waals surface area contributed by atoms with Crippen LogP contribution in [0.5, 0.6) is 0 Å². The smallest absolute Gasteiger partial charge is 0.238 e. The zero-order valence-electron chi connectivity index (χ0n) is 13.2. The molecule has 0 aliphatic heterocycles. The average Bonchev–Trinajstić information content (AvgIpc) is 3.10. The fourth-order valence-electron chi connectivity index (χ4n) is 2.89. The molecular weight excluding hydrogens is 334 g/mol. The summed E-state index contributed by atoms with van der Waals surface area (Å²) in [6, 6.07) is 22.6.